The Morgan fingerprint density at radius 1 is 1.20 bits per heavy atom. The average Bonchev–Trinajstić information content (AvgIpc) is 3.11. The highest BCUT2D eigenvalue weighted by molar-refractivity contribution is 7.89. The van der Waals surface area contributed by atoms with Crippen LogP contribution in [0, 0.1) is 5.82 Å². The van der Waals surface area contributed by atoms with Crippen LogP contribution in [0.3, 0.4) is 0 Å². The molecule has 0 radical (unpaired) electrons. The van der Waals surface area contributed by atoms with Gasteiger partial charge in [-0.15, -0.1) is 0 Å². The molecule has 1 amide bonds. The summed E-state index contributed by atoms with van der Waals surface area (Å²) < 4.78 is 39.3. The molecule has 0 spiro atoms. The van der Waals surface area contributed by atoms with Crippen LogP contribution in [0.4, 0.5) is 4.39 Å². The molecule has 1 aliphatic heterocycles. The molecule has 2 aromatic rings. The van der Waals surface area contributed by atoms with Crippen LogP contribution >= 0.6 is 0 Å². The first-order valence-electron chi connectivity index (χ1n) is 8.02. The fraction of sp³-hybridized carbons (Fsp3) is 0.278. The number of nitrogens with one attached hydrogen (secondary N) is 1. The van der Waals surface area contributed by atoms with Crippen molar-refractivity contribution in [3.8, 4) is 0 Å². The highest BCUT2D eigenvalue weighted by atomic mass is 32.2. The quantitative estimate of drug-likeness (QED) is 0.909. The highest BCUT2D eigenvalue weighted by Crippen LogP contribution is 2.33. The van der Waals surface area contributed by atoms with Crippen molar-refractivity contribution in [2.75, 3.05) is 13.6 Å². The molecule has 0 aromatic heterocycles. The lowest BCUT2D eigenvalue weighted by atomic mass is 10.0. The second kappa shape index (κ2) is 6.93. The van der Waals surface area contributed by atoms with E-state index < -0.39 is 10.0 Å². The third kappa shape index (κ3) is 3.57. The molecule has 3 rings (SSSR count). The first-order chi connectivity index (χ1) is 11.9. The Morgan fingerprint density at radius 2 is 1.92 bits per heavy atom. The Balaban J connectivity index is 1.89. The second-order valence-corrected chi connectivity index (χ2v) is 7.83. The lowest BCUT2D eigenvalue weighted by Crippen LogP contribution is -2.30. The fourth-order valence-electron chi connectivity index (χ4n) is 3.12. The van der Waals surface area contributed by atoms with Gasteiger partial charge in [0.2, 0.25) is 10.0 Å². The van der Waals surface area contributed by atoms with Crippen molar-refractivity contribution >= 4 is 15.9 Å². The zero-order valence-corrected chi connectivity index (χ0v) is 14.6. The molecule has 1 heterocycles. The van der Waals surface area contributed by atoms with E-state index in [1.54, 1.807) is 29.2 Å². The molecule has 1 saturated heterocycles. The first kappa shape index (κ1) is 17.6. The van der Waals surface area contributed by atoms with Crippen LogP contribution in [-0.2, 0) is 10.0 Å². The predicted molar refractivity (Wildman–Crippen MR) is 92.1 cm³/mol. The molecule has 1 N–H and O–H groups in total. The molecule has 1 atom stereocenters. The number of carbonyl (C=O) groups is 1. The van der Waals surface area contributed by atoms with Crippen molar-refractivity contribution in [2.45, 2.75) is 23.8 Å². The average molecular weight is 362 g/mol. The minimum Gasteiger partial charge on any atom is -0.332 e. The lowest BCUT2D eigenvalue weighted by Gasteiger charge is -2.25. The molecular formula is C18H19FN2O3S. The van der Waals surface area contributed by atoms with Gasteiger partial charge in [-0.1, -0.05) is 18.2 Å². The van der Waals surface area contributed by atoms with Gasteiger partial charge >= 0.3 is 0 Å². The van der Waals surface area contributed by atoms with Crippen LogP contribution in [0.5, 0.6) is 0 Å². The summed E-state index contributed by atoms with van der Waals surface area (Å²) in [7, 11) is -2.28. The fourth-order valence-corrected chi connectivity index (χ4v) is 3.90. The van der Waals surface area contributed by atoms with E-state index >= 15 is 0 Å². The number of hydrogen-bond acceptors (Lipinski definition) is 3. The summed E-state index contributed by atoms with van der Waals surface area (Å²) in [6.45, 7) is 0.587. The van der Waals surface area contributed by atoms with E-state index in [0.717, 1.165) is 18.4 Å². The van der Waals surface area contributed by atoms with Crippen LogP contribution in [0.15, 0.2) is 53.4 Å². The standard InChI is InChI=1S/C18H19FN2O3S/c1-20-25(23,24)16-5-2-4-14(12-16)18(22)21-11-3-6-17(21)13-7-9-15(19)10-8-13/h2,4-5,7-10,12,17,20H,3,6,11H2,1H3. The van der Waals surface area contributed by atoms with Gasteiger partial charge in [0.1, 0.15) is 5.82 Å². The Hall–Kier alpha value is -2.25. The molecule has 1 aliphatic rings. The third-order valence-corrected chi connectivity index (χ3v) is 5.84. The smallest absolute Gasteiger partial charge is 0.254 e. The molecular weight excluding hydrogens is 343 g/mol. The molecule has 0 bridgehead atoms. The summed E-state index contributed by atoms with van der Waals surface area (Å²) in [5.41, 5.74) is 1.21. The zero-order valence-electron chi connectivity index (χ0n) is 13.8. The predicted octanol–water partition coefficient (Wildman–Crippen LogP) is 2.71. The van der Waals surface area contributed by atoms with Crippen LogP contribution in [0.25, 0.3) is 0 Å². The Morgan fingerprint density at radius 3 is 2.60 bits per heavy atom. The SMILES string of the molecule is CNS(=O)(=O)c1cccc(C(=O)N2CCCC2c2ccc(F)cc2)c1. The second-order valence-electron chi connectivity index (χ2n) is 5.94. The molecule has 1 fully saturated rings. The van der Waals surface area contributed by atoms with Crippen molar-refractivity contribution in [2.24, 2.45) is 0 Å². The van der Waals surface area contributed by atoms with E-state index in [9.17, 15) is 17.6 Å². The summed E-state index contributed by atoms with van der Waals surface area (Å²) >= 11 is 0. The van der Waals surface area contributed by atoms with E-state index in [-0.39, 0.29) is 22.7 Å². The van der Waals surface area contributed by atoms with Gasteiger partial charge in [0.25, 0.3) is 5.91 Å². The topological polar surface area (TPSA) is 66.5 Å². The number of sulfonamides is 1. The number of amides is 1. The largest absolute Gasteiger partial charge is 0.332 e. The van der Waals surface area contributed by atoms with E-state index in [1.165, 1.54) is 31.3 Å². The van der Waals surface area contributed by atoms with Gasteiger partial charge in [0.05, 0.1) is 10.9 Å². The van der Waals surface area contributed by atoms with Crippen LogP contribution in [0.2, 0.25) is 0 Å². The van der Waals surface area contributed by atoms with E-state index in [1.807, 2.05) is 0 Å². The maximum Gasteiger partial charge on any atom is 0.254 e. The van der Waals surface area contributed by atoms with Crippen LogP contribution in [-0.4, -0.2) is 32.8 Å². The van der Waals surface area contributed by atoms with Crippen LogP contribution in [0.1, 0.15) is 34.8 Å². The number of halogens is 1. The summed E-state index contributed by atoms with van der Waals surface area (Å²) in [5, 5.41) is 0. The Labute approximate surface area is 146 Å². The molecule has 1 unspecified atom stereocenters. The minimum atomic E-state index is -3.61. The summed E-state index contributed by atoms with van der Waals surface area (Å²) in [6, 6.07) is 12.0. The number of benzene rings is 2. The highest BCUT2D eigenvalue weighted by Gasteiger charge is 2.31. The van der Waals surface area contributed by atoms with Crippen LogP contribution < -0.4 is 4.72 Å². The van der Waals surface area contributed by atoms with Gasteiger partial charge in [-0.05, 0) is 55.8 Å². The van der Waals surface area contributed by atoms with Crippen molar-refractivity contribution in [1.82, 2.24) is 9.62 Å². The minimum absolute atomic E-state index is 0.0541. The van der Waals surface area contributed by atoms with E-state index in [2.05, 4.69) is 4.72 Å². The van der Waals surface area contributed by atoms with Gasteiger partial charge in [0, 0.05) is 12.1 Å². The van der Waals surface area contributed by atoms with Gasteiger partial charge in [0.15, 0.2) is 0 Å². The molecule has 0 aliphatic carbocycles. The number of nitrogens with zero attached hydrogens (tertiary/aromatic N) is 1. The Kier molecular flexibility index (Phi) is 4.87. The Bertz CT molecular complexity index is 881. The maximum atomic E-state index is 13.1. The van der Waals surface area contributed by atoms with Gasteiger partial charge < -0.3 is 4.90 Å². The molecule has 25 heavy (non-hydrogen) atoms. The molecule has 7 heteroatoms. The summed E-state index contributed by atoms with van der Waals surface area (Å²) in [5.74, 6) is -0.537. The third-order valence-electron chi connectivity index (χ3n) is 4.43. The van der Waals surface area contributed by atoms with Crippen molar-refractivity contribution in [1.29, 1.82) is 0 Å². The van der Waals surface area contributed by atoms with Gasteiger partial charge in [-0.3, -0.25) is 4.79 Å². The monoisotopic (exact) mass is 362 g/mol. The zero-order chi connectivity index (χ0) is 18.0. The molecule has 2 aromatic carbocycles. The first-order valence-corrected chi connectivity index (χ1v) is 9.51. The number of likely N-dealkylation sites (tertiary alicyclic amines) is 1. The summed E-state index contributed by atoms with van der Waals surface area (Å²) in [4.78, 5) is 14.7. The molecule has 0 saturated carbocycles. The van der Waals surface area contributed by atoms with Crippen molar-refractivity contribution < 1.29 is 17.6 Å². The van der Waals surface area contributed by atoms with Gasteiger partial charge in [-0.25, -0.2) is 17.5 Å². The number of carbonyl (C=O) groups excluding carboxylic acids is 1. The number of rotatable bonds is 4. The maximum absolute atomic E-state index is 13.1. The van der Waals surface area contributed by atoms with Gasteiger partial charge in [-0.2, -0.15) is 0 Å². The van der Waals surface area contributed by atoms with Crippen molar-refractivity contribution in [3.05, 3.63) is 65.5 Å². The molecule has 132 valence electrons. The number of hydrogen-bond donors (Lipinski definition) is 1. The molecule has 5 nitrogen and oxygen atoms in total. The van der Waals surface area contributed by atoms with Crippen molar-refractivity contribution in [3.63, 3.8) is 0 Å². The van der Waals surface area contributed by atoms with E-state index in [0.29, 0.717) is 12.1 Å². The normalized spacial score (nSPS) is 17.7. The summed E-state index contributed by atoms with van der Waals surface area (Å²) in [6.07, 6.45) is 1.65. The van der Waals surface area contributed by atoms with E-state index in [4.69, 9.17) is 0 Å². The lowest BCUT2D eigenvalue weighted by molar-refractivity contribution is 0.0735.